The van der Waals surface area contributed by atoms with Gasteiger partial charge in [0.1, 0.15) is 5.82 Å². The van der Waals surface area contributed by atoms with E-state index in [0.29, 0.717) is 0 Å². The van der Waals surface area contributed by atoms with Crippen LogP contribution < -0.4 is 10.6 Å². The number of nitrogens with zero attached hydrogens (tertiary/aromatic N) is 3. The third-order valence-electron chi connectivity index (χ3n) is 3.48. The standard InChI is InChI=1S/C17H21N3O/c1-6-8-15-13(7-2)14(17(21)12(3)4)11-20(15)16-9-10-18-19(16)5/h6-12H,1H2,2-5H3/b13-7-,15-8+. The topological polar surface area (TPSA) is 39.8 Å². The lowest BCUT2D eigenvalue weighted by atomic mass is 10.0. The Labute approximate surface area is 124 Å². The van der Waals surface area contributed by atoms with Crippen LogP contribution in [-0.2, 0) is 7.05 Å². The maximum absolute atomic E-state index is 12.5. The molecule has 0 bridgehead atoms. The number of carbonyl (C=O) groups is 1. The van der Waals surface area contributed by atoms with Crippen molar-refractivity contribution in [3.8, 4) is 5.82 Å². The normalized spacial score (nSPS) is 13.2. The molecule has 0 amide bonds. The highest BCUT2D eigenvalue weighted by Crippen LogP contribution is 2.07. The summed E-state index contributed by atoms with van der Waals surface area (Å²) < 4.78 is 3.77. The SMILES string of the molecule is C=C/C=c1\c(=C/C)c(C(=O)C(C)C)cn1-c1ccnn1C. The molecule has 0 fully saturated rings. The van der Waals surface area contributed by atoms with Crippen LogP contribution in [-0.4, -0.2) is 20.1 Å². The lowest BCUT2D eigenvalue weighted by molar-refractivity contribution is 0.0938. The van der Waals surface area contributed by atoms with Crippen molar-refractivity contribution in [1.82, 2.24) is 14.3 Å². The average Bonchev–Trinajstić information content (AvgIpc) is 3.01. The zero-order chi connectivity index (χ0) is 15.6. The highest BCUT2D eigenvalue weighted by Gasteiger charge is 2.16. The van der Waals surface area contributed by atoms with Gasteiger partial charge in [-0.25, -0.2) is 0 Å². The van der Waals surface area contributed by atoms with E-state index in [9.17, 15) is 4.79 Å². The second kappa shape index (κ2) is 5.95. The van der Waals surface area contributed by atoms with E-state index in [2.05, 4.69) is 11.7 Å². The van der Waals surface area contributed by atoms with Crippen LogP contribution in [0.15, 0.2) is 31.1 Å². The van der Waals surface area contributed by atoms with Gasteiger partial charge in [0.05, 0.1) is 11.5 Å². The Kier molecular flexibility index (Phi) is 4.26. The van der Waals surface area contributed by atoms with Gasteiger partial charge in [-0.2, -0.15) is 5.10 Å². The Morgan fingerprint density at radius 3 is 2.62 bits per heavy atom. The third kappa shape index (κ3) is 2.61. The van der Waals surface area contributed by atoms with Crippen molar-refractivity contribution >= 4 is 17.9 Å². The van der Waals surface area contributed by atoms with Crippen LogP contribution in [0.1, 0.15) is 31.1 Å². The van der Waals surface area contributed by atoms with Crippen LogP contribution in [0.25, 0.3) is 18.0 Å². The van der Waals surface area contributed by atoms with E-state index in [4.69, 9.17) is 0 Å². The Balaban J connectivity index is 2.85. The summed E-state index contributed by atoms with van der Waals surface area (Å²) in [4.78, 5) is 12.5. The van der Waals surface area contributed by atoms with Gasteiger partial charge in [-0.1, -0.05) is 32.6 Å². The number of Topliss-reactive ketones (excluding diaryl/α,β-unsaturated/α-hetero) is 1. The van der Waals surface area contributed by atoms with Gasteiger partial charge in [-0.15, -0.1) is 0 Å². The zero-order valence-electron chi connectivity index (χ0n) is 13.0. The lowest BCUT2D eigenvalue weighted by Gasteiger charge is -2.04. The van der Waals surface area contributed by atoms with Crippen molar-refractivity contribution in [2.45, 2.75) is 20.8 Å². The second-order valence-corrected chi connectivity index (χ2v) is 5.23. The predicted molar refractivity (Wildman–Crippen MR) is 85.8 cm³/mol. The van der Waals surface area contributed by atoms with Crippen LogP contribution in [0, 0.1) is 5.92 Å². The van der Waals surface area contributed by atoms with Crippen molar-refractivity contribution in [2.24, 2.45) is 13.0 Å². The highest BCUT2D eigenvalue weighted by molar-refractivity contribution is 5.97. The number of aryl methyl sites for hydroxylation is 1. The number of carbonyl (C=O) groups excluding carboxylic acids is 1. The fourth-order valence-corrected chi connectivity index (χ4v) is 2.42. The maximum Gasteiger partial charge on any atom is 0.167 e. The van der Waals surface area contributed by atoms with Crippen molar-refractivity contribution in [2.75, 3.05) is 0 Å². The Hall–Kier alpha value is -2.36. The fourth-order valence-electron chi connectivity index (χ4n) is 2.42. The first kappa shape index (κ1) is 15.0. The van der Waals surface area contributed by atoms with Gasteiger partial charge in [0.2, 0.25) is 0 Å². The summed E-state index contributed by atoms with van der Waals surface area (Å²) in [5.74, 6) is 1.01. The van der Waals surface area contributed by atoms with Gasteiger partial charge in [0.15, 0.2) is 5.78 Å². The molecule has 0 unspecified atom stereocenters. The first-order valence-electron chi connectivity index (χ1n) is 7.04. The van der Waals surface area contributed by atoms with E-state index < -0.39 is 0 Å². The van der Waals surface area contributed by atoms with Gasteiger partial charge in [-0.05, 0) is 13.0 Å². The summed E-state index contributed by atoms with van der Waals surface area (Å²) in [6.07, 6.45) is 9.26. The summed E-state index contributed by atoms with van der Waals surface area (Å²) in [7, 11) is 1.88. The molecule has 4 heteroatoms. The van der Waals surface area contributed by atoms with Crippen LogP contribution in [0.4, 0.5) is 0 Å². The molecule has 2 heterocycles. The van der Waals surface area contributed by atoms with E-state index in [1.165, 1.54) is 0 Å². The van der Waals surface area contributed by atoms with Gasteiger partial charge < -0.3 is 4.57 Å². The number of hydrogen-bond donors (Lipinski definition) is 0. The van der Waals surface area contributed by atoms with Gasteiger partial charge >= 0.3 is 0 Å². The molecule has 21 heavy (non-hydrogen) atoms. The van der Waals surface area contributed by atoms with Crippen molar-refractivity contribution < 1.29 is 4.79 Å². The minimum atomic E-state index is -0.0392. The first-order chi connectivity index (χ1) is 10.0. The molecule has 0 aromatic carbocycles. The average molecular weight is 283 g/mol. The summed E-state index contributed by atoms with van der Waals surface area (Å²) in [6.45, 7) is 9.55. The van der Waals surface area contributed by atoms with Gasteiger partial charge in [0, 0.05) is 36.0 Å². The molecule has 0 spiro atoms. The smallest absolute Gasteiger partial charge is 0.167 e. The maximum atomic E-state index is 12.5. The first-order valence-corrected chi connectivity index (χ1v) is 7.04. The van der Waals surface area contributed by atoms with Crippen molar-refractivity contribution in [1.29, 1.82) is 0 Å². The molecule has 2 aromatic rings. The van der Waals surface area contributed by atoms with Gasteiger partial charge in [0.25, 0.3) is 0 Å². The highest BCUT2D eigenvalue weighted by atomic mass is 16.1. The summed E-state index contributed by atoms with van der Waals surface area (Å²) in [5, 5.41) is 6.08. The van der Waals surface area contributed by atoms with Crippen LogP contribution in [0.5, 0.6) is 0 Å². The molecule has 0 aliphatic rings. The molecule has 2 rings (SSSR count). The van der Waals surface area contributed by atoms with Crippen molar-refractivity contribution in [3.63, 3.8) is 0 Å². The molecule has 0 aliphatic heterocycles. The van der Waals surface area contributed by atoms with E-state index in [1.807, 2.05) is 56.8 Å². The zero-order valence-corrected chi connectivity index (χ0v) is 13.0. The van der Waals surface area contributed by atoms with Gasteiger partial charge in [-0.3, -0.25) is 9.48 Å². The number of allylic oxidation sites excluding steroid dienone is 1. The Morgan fingerprint density at radius 1 is 1.43 bits per heavy atom. The third-order valence-corrected chi connectivity index (χ3v) is 3.48. The summed E-state index contributed by atoms with van der Waals surface area (Å²) in [6, 6.07) is 1.92. The van der Waals surface area contributed by atoms with Crippen molar-refractivity contribution in [3.05, 3.63) is 47.2 Å². The fraction of sp³-hybridized carbons (Fsp3) is 0.294. The van der Waals surface area contributed by atoms with E-state index >= 15 is 0 Å². The predicted octanol–water partition coefficient (Wildman–Crippen LogP) is 1.82. The minimum absolute atomic E-state index is 0.0392. The number of hydrogen-bond acceptors (Lipinski definition) is 2. The summed E-state index contributed by atoms with van der Waals surface area (Å²) >= 11 is 0. The Bertz CT molecular complexity index is 791. The number of ketones is 1. The summed E-state index contributed by atoms with van der Waals surface area (Å²) in [5.41, 5.74) is 0.738. The molecule has 0 saturated carbocycles. The van der Waals surface area contributed by atoms with E-state index in [0.717, 1.165) is 21.9 Å². The minimum Gasteiger partial charge on any atom is -0.301 e. The van der Waals surface area contributed by atoms with Crippen LogP contribution in [0.3, 0.4) is 0 Å². The molecular formula is C17H21N3O. The molecule has 4 nitrogen and oxygen atoms in total. The van der Waals surface area contributed by atoms with E-state index in [1.54, 1.807) is 17.0 Å². The largest absolute Gasteiger partial charge is 0.301 e. The molecule has 2 aromatic heterocycles. The molecule has 0 aliphatic carbocycles. The monoisotopic (exact) mass is 283 g/mol. The molecule has 110 valence electrons. The lowest BCUT2D eigenvalue weighted by Crippen LogP contribution is -2.31. The van der Waals surface area contributed by atoms with Crippen LogP contribution in [0.2, 0.25) is 0 Å². The molecule has 0 N–H and O–H groups in total. The molecular weight excluding hydrogens is 262 g/mol. The van der Waals surface area contributed by atoms with E-state index in [-0.39, 0.29) is 11.7 Å². The quantitative estimate of drug-likeness (QED) is 0.803. The number of aromatic nitrogens is 3. The molecule has 0 saturated heterocycles. The second-order valence-electron chi connectivity index (χ2n) is 5.23. The molecule has 0 radical (unpaired) electrons. The molecule has 0 atom stereocenters. The Morgan fingerprint density at radius 2 is 2.14 bits per heavy atom. The number of rotatable bonds is 4. The van der Waals surface area contributed by atoms with Crippen LogP contribution >= 0.6 is 0 Å².